The molecule has 2 unspecified atom stereocenters. The number of piperidine rings is 1. The van der Waals surface area contributed by atoms with Crippen LogP contribution in [0.3, 0.4) is 0 Å². The number of anilines is 1. The molecule has 0 bridgehead atoms. The summed E-state index contributed by atoms with van der Waals surface area (Å²) >= 11 is 0. The Morgan fingerprint density at radius 3 is 2.62 bits per heavy atom. The van der Waals surface area contributed by atoms with Crippen LogP contribution in [0, 0.1) is 5.82 Å². The van der Waals surface area contributed by atoms with Crippen LogP contribution in [0.15, 0.2) is 42.9 Å². The summed E-state index contributed by atoms with van der Waals surface area (Å²) in [5, 5.41) is 10.9. The first-order valence-electron chi connectivity index (χ1n) is 9.88. The Hall–Kier alpha value is -3.57. The Balaban J connectivity index is 1.58. The van der Waals surface area contributed by atoms with Crippen molar-refractivity contribution in [1.82, 2.24) is 29.9 Å². The van der Waals surface area contributed by atoms with Crippen LogP contribution in [0.1, 0.15) is 35.8 Å². The average molecular weight is 449 g/mol. The van der Waals surface area contributed by atoms with Gasteiger partial charge in [-0.15, -0.1) is 0 Å². The smallest absolute Gasteiger partial charge is 0.349 e. The van der Waals surface area contributed by atoms with Gasteiger partial charge in [-0.3, -0.25) is 4.79 Å². The second-order valence-electron chi connectivity index (χ2n) is 7.35. The second kappa shape index (κ2) is 8.52. The quantitative estimate of drug-likeness (QED) is 0.615. The molecule has 0 spiro atoms. The summed E-state index contributed by atoms with van der Waals surface area (Å²) in [6, 6.07) is 4.08. The lowest BCUT2D eigenvalue weighted by molar-refractivity contribution is -0.141. The molecule has 1 aliphatic heterocycles. The van der Waals surface area contributed by atoms with Crippen LogP contribution in [-0.4, -0.2) is 54.4 Å². The Kier molecular flexibility index (Phi) is 5.76. The molecule has 1 fully saturated rings. The number of likely N-dealkylation sites (tertiary alicyclic amines) is 1. The number of carbonyl (C=O) groups excluding carboxylic acids is 1. The summed E-state index contributed by atoms with van der Waals surface area (Å²) in [6.07, 6.45) is 0.403. The molecule has 0 aliphatic carbocycles. The molecule has 12 heteroatoms. The highest BCUT2D eigenvalue weighted by atomic mass is 19.4. The van der Waals surface area contributed by atoms with E-state index in [4.69, 9.17) is 0 Å². The Labute approximate surface area is 180 Å². The molecule has 1 N–H and O–H groups in total. The number of halogens is 4. The number of hydrogen-bond acceptors (Lipinski definition) is 6. The molecular formula is C20H19F4N7O. The van der Waals surface area contributed by atoms with Crippen LogP contribution in [0.4, 0.5) is 23.5 Å². The van der Waals surface area contributed by atoms with Gasteiger partial charge in [-0.25, -0.2) is 14.4 Å². The van der Waals surface area contributed by atoms with Crippen molar-refractivity contribution in [2.75, 3.05) is 11.9 Å². The largest absolute Gasteiger partial charge is 0.433 e. The lowest BCUT2D eigenvalue weighted by Gasteiger charge is -2.40. The van der Waals surface area contributed by atoms with Crippen LogP contribution < -0.4 is 5.32 Å². The maximum Gasteiger partial charge on any atom is 0.433 e. The highest BCUT2D eigenvalue weighted by molar-refractivity contribution is 5.98. The second-order valence-corrected chi connectivity index (χ2v) is 7.35. The highest BCUT2D eigenvalue weighted by Gasteiger charge is 2.36. The number of nitrogens with one attached hydrogen (secondary N) is 1. The summed E-state index contributed by atoms with van der Waals surface area (Å²) in [6.45, 7) is 2.11. The topological polar surface area (TPSA) is 88.8 Å². The minimum Gasteiger partial charge on any atom is -0.349 e. The first-order chi connectivity index (χ1) is 15.3. The number of carbonyl (C=O) groups is 1. The van der Waals surface area contributed by atoms with Crippen molar-refractivity contribution in [1.29, 1.82) is 0 Å². The predicted molar refractivity (Wildman–Crippen MR) is 105 cm³/mol. The zero-order valence-electron chi connectivity index (χ0n) is 16.9. The van der Waals surface area contributed by atoms with Gasteiger partial charge in [-0.1, -0.05) is 6.07 Å². The number of nitrogens with zero attached hydrogens (tertiary/aromatic N) is 6. The van der Waals surface area contributed by atoms with Gasteiger partial charge in [0.1, 0.15) is 22.8 Å². The van der Waals surface area contributed by atoms with Crippen molar-refractivity contribution in [2.45, 2.75) is 38.0 Å². The van der Waals surface area contributed by atoms with Crippen LogP contribution in [0.5, 0.6) is 0 Å². The van der Waals surface area contributed by atoms with Gasteiger partial charge in [0, 0.05) is 24.8 Å². The molecular weight excluding hydrogens is 430 g/mol. The van der Waals surface area contributed by atoms with Crippen molar-refractivity contribution in [3.63, 3.8) is 0 Å². The molecule has 3 aromatic rings. The number of alkyl halides is 3. The van der Waals surface area contributed by atoms with E-state index in [1.807, 2.05) is 0 Å². The lowest BCUT2D eigenvalue weighted by atomic mass is 9.96. The van der Waals surface area contributed by atoms with Crippen molar-refractivity contribution in [2.24, 2.45) is 0 Å². The van der Waals surface area contributed by atoms with Gasteiger partial charge in [0.15, 0.2) is 0 Å². The molecule has 1 aliphatic rings. The van der Waals surface area contributed by atoms with Crippen molar-refractivity contribution in [3.8, 4) is 5.69 Å². The van der Waals surface area contributed by atoms with Gasteiger partial charge >= 0.3 is 6.18 Å². The summed E-state index contributed by atoms with van der Waals surface area (Å²) in [4.78, 5) is 23.4. The van der Waals surface area contributed by atoms with E-state index in [-0.39, 0.29) is 17.2 Å². The SMILES string of the molecule is CC1C(Nc2nccc(C(F)(F)F)n2)CCCN1C(=O)c1c(F)cccc1-n1nccn1. The van der Waals surface area contributed by atoms with E-state index in [0.29, 0.717) is 19.4 Å². The van der Waals surface area contributed by atoms with E-state index >= 15 is 0 Å². The molecule has 8 nitrogen and oxygen atoms in total. The molecule has 1 amide bonds. The number of benzene rings is 1. The molecule has 2 aromatic heterocycles. The van der Waals surface area contributed by atoms with Crippen molar-refractivity contribution in [3.05, 3.63) is 59.9 Å². The third kappa shape index (κ3) is 4.25. The molecule has 4 rings (SSSR count). The normalized spacial score (nSPS) is 19.1. The Bertz CT molecular complexity index is 1100. The average Bonchev–Trinajstić information content (AvgIpc) is 3.29. The van der Waals surface area contributed by atoms with Gasteiger partial charge in [-0.2, -0.15) is 28.2 Å². The zero-order chi connectivity index (χ0) is 22.9. The third-order valence-electron chi connectivity index (χ3n) is 5.35. The van der Waals surface area contributed by atoms with Gasteiger partial charge in [-0.05, 0) is 38.0 Å². The fourth-order valence-electron chi connectivity index (χ4n) is 3.75. The van der Waals surface area contributed by atoms with Crippen molar-refractivity contribution < 1.29 is 22.4 Å². The van der Waals surface area contributed by atoms with Crippen LogP contribution >= 0.6 is 0 Å². The zero-order valence-corrected chi connectivity index (χ0v) is 16.9. The first-order valence-corrected chi connectivity index (χ1v) is 9.88. The fraction of sp³-hybridized carbons (Fsp3) is 0.350. The van der Waals surface area contributed by atoms with Crippen LogP contribution in [0.2, 0.25) is 0 Å². The van der Waals surface area contributed by atoms with Gasteiger partial charge < -0.3 is 10.2 Å². The summed E-state index contributed by atoms with van der Waals surface area (Å²) in [5.41, 5.74) is -1.04. The monoisotopic (exact) mass is 449 g/mol. The van der Waals surface area contributed by atoms with Gasteiger partial charge in [0.25, 0.3) is 5.91 Å². The molecule has 32 heavy (non-hydrogen) atoms. The molecule has 1 saturated heterocycles. The minimum atomic E-state index is -4.60. The first kappa shape index (κ1) is 21.7. The minimum absolute atomic E-state index is 0.175. The maximum atomic E-state index is 14.7. The molecule has 3 heterocycles. The number of aromatic nitrogens is 5. The van der Waals surface area contributed by atoms with E-state index in [1.54, 1.807) is 6.92 Å². The molecule has 0 saturated carbocycles. The standard InChI is InChI=1S/C20H19F4N7O/c1-12-14(28-19-25-8-7-16(29-19)20(22,23)24)5-3-11-30(12)18(32)17-13(21)4-2-6-15(17)31-26-9-10-27-31/h2,4,6-10,12,14H,3,5,11H2,1H3,(H,25,28,29). The maximum absolute atomic E-state index is 14.7. The summed E-state index contributed by atoms with van der Waals surface area (Å²) in [5.74, 6) is -1.45. The van der Waals surface area contributed by atoms with Gasteiger partial charge in [0.2, 0.25) is 5.95 Å². The lowest BCUT2D eigenvalue weighted by Crippen LogP contribution is -2.52. The Morgan fingerprint density at radius 1 is 1.16 bits per heavy atom. The molecule has 2 atom stereocenters. The summed E-state index contributed by atoms with van der Waals surface area (Å²) < 4.78 is 53.6. The molecule has 0 radical (unpaired) electrons. The Morgan fingerprint density at radius 2 is 1.91 bits per heavy atom. The van der Waals surface area contributed by atoms with Crippen molar-refractivity contribution >= 4 is 11.9 Å². The van der Waals surface area contributed by atoms with E-state index < -0.39 is 35.7 Å². The summed E-state index contributed by atoms with van der Waals surface area (Å²) in [7, 11) is 0. The number of amides is 1. The van der Waals surface area contributed by atoms with E-state index in [2.05, 4.69) is 25.5 Å². The predicted octanol–water partition coefficient (Wildman–Crippen LogP) is 3.32. The van der Waals surface area contributed by atoms with Gasteiger partial charge in [0.05, 0.1) is 12.4 Å². The fourth-order valence-corrected chi connectivity index (χ4v) is 3.75. The number of rotatable bonds is 4. The molecule has 1 aromatic carbocycles. The van der Waals surface area contributed by atoms with E-state index in [0.717, 1.165) is 17.1 Å². The highest BCUT2D eigenvalue weighted by Crippen LogP contribution is 2.29. The molecule has 168 valence electrons. The van der Waals surface area contributed by atoms with Crippen LogP contribution in [0.25, 0.3) is 5.69 Å². The third-order valence-corrected chi connectivity index (χ3v) is 5.35. The van der Waals surface area contributed by atoms with E-state index in [1.165, 1.54) is 35.5 Å². The van der Waals surface area contributed by atoms with Crippen LogP contribution in [-0.2, 0) is 6.18 Å². The van der Waals surface area contributed by atoms with E-state index in [9.17, 15) is 22.4 Å². The number of hydrogen-bond donors (Lipinski definition) is 1.